The number of carboxylic acids is 1. The summed E-state index contributed by atoms with van der Waals surface area (Å²) in [6.07, 6.45) is -0.947. The quantitative estimate of drug-likeness (QED) is 0.779. The largest absolute Gasteiger partial charge is 0.479 e. The molecule has 0 spiro atoms. The molecule has 2 rings (SSSR count). The van der Waals surface area contributed by atoms with E-state index in [0.717, 1.165) is 5.69 Å². The summed E-state index contributed by atoms with van der Waals surface area (Å²) in [6, 6.07) is 1.69. The van der Waals surface area contributed by atoms with Crippen LogP contribution in [-0.2, 0) is 16.6 Å². The van der Waals surface area contributed by atoms with Gasteiger partial charge in [0.1, 0.15) is 5.69 Å². The molecule has 7 nitrogen and oxygen atoms in total. The summed E-state index contributed by atoms with van der Waals surface area (Å²) in [5.74, 6) is -1.26. The average molecular weight is 253 g/mol. The maximum atomic E-state index is 12.2. The highest BCUT2D eigenvalue weighted by atomic mass is 16.5. The highest BCUT2D eigenvalue weighted by molar-refractivity contribution is 5.93. The normalized spacial score (nSPS) is 19.9. The number of hydrogen-bond donors (Lipinski definition) is 1. The monoisotopic (exact) mass is 253 g/mol. The Morgan fingerprint density at radius 1 is 1.56 bits per heavy atom. The van der Waals surface area contributed by atoms with Crippen LogP contribution in [0.2, 0.25) is 0 Å². The highest BCUT2D eigenvalue weighted by Gasteiger charge is 2.30. The number of nitrogens with zero attached hydrogens (tertiary/aromatic N) is 3. The zero-order chi connectivity index (χ0) is 13.3. The predicted octanol–water partition coefficient (Wildman–Crippen LogP) is -0.346. The second-order valence-corrected chi connectivity index (χ2v) is 4.24. The third-order valence-corrected chi connectivity index (χ3v) is 2.85. The van der Waals surface area contributed by atoms with Crippen molar-refractivity contribution in [3.8, 4) is 0 Å². The molecule has 1 fully saturated rings. The zero-order valence-corrected chi connectivity index (χ0v) is 10.3. The Bertz CT molecular complexity index is 483. The number of hydrogen-bond acceptors (Lipinski definition) is 4. The molecule has 1 aliphatic rings. The number of aliphatic carboxylic acids is 1. The highest BCUT2D eigenvalue weighted by Crippen LogP contribution is 2.11. The van der Waals surface area contributed by atoms with Gasteiger partial charge in [0.2, 0.25) is 0 Å². The molecule has 0 bridgehead atoms. The molecule has 0 aliphatic carbocycles. The topological polar surface area (TPSA) is 84.7 Å². The van der Waals surface area contributed by atoms with Crippen molar-refractivity contribution < 1.29 is 19.4 Å². The van der Waals surface area contributed by atoms with Crippen LogP contribution in [0.1, 0.15) is 16.2 Å². The van der Waals surface area contributed by atoms with Crippen LogP contribution < -0.4 is 0 Å². The molecule has 1 amide bonds. The van der Waals surface area contributed by atoms with Gasteiger partial charge in [0.05, 0.1) is 18.8 Å². The number of carbonyl (C=O) groups excluding carboxylic acids is 1. The van der Waals surface area contributed by atoms with Crippen molar-refractivity contribution in [1.29, 1.82) is 0 Å². The lowest BCUT2D eigenvalue weighted by molar-refractivity contribution is -0.154. The van der Waals surface area contributed by atoms with Gasteiger partial charge in [-0.15, -0.1) is 0 Å². The Kier molecular flexibility index (Phi) is 3.33. The molecule has 1 N–H and O–H groups in total. The van der Waals surface area contributed by atoms with E-state index in [1.54, 1.807) is 20.0 Å². The maximum absolute atomic E-state index is 12.2. The molecule has 18 heavy (non-hydrogen) atoms. The van der Waals surface area contributed by atoms with Gasteiger partial charge in [-0.1, -0.05) is 0 Å². The lowest BCUT2D eigenvalue weighted by Crippen LogP contribution is -2.48. The van der Waals surface area contributed by atoms with E-state index in [9.17, 15) is 9.59 Å². The van der Waals surface area contributed by atoms with Gasteiger partial charge in [0.15, 0.2) is 6.10 Å². The lowest BCUT2D eigenvalue weighted by Gasteiger charge is -2.30. The van der Waals surface area contributed by atoms with Crippen molar-refractivity contribution in [2.45, 2.75) is 13.0 Å². The van der Waals surface area contributed by atoms with Crippen molar-refractivity contribution in [2.24, 2.45) is 7.05 Å². The number of morpholine rings is 1. The first kappa shape index (κ1) is 12.6. The summed E-state index contributed by atoms with van der Waals surface area (Å²) in [5, 5.41) is 13.0. The van der Waals surface area contributed by atoms with Crippen molar-refractivity contribution in [2.75, 3.05) is 19.7 Å². The smallest absolute Gasteiger partial charge is 0.334 e. The zero-order valence-electron chi connectivity index (χ0n) is 10.3. The summed E-state index contributed by atoms with van der Waals surface area (Å²) < 4.78 is 6.58. The van der Waals surface area contributed by atoms with Gasteiger partial charge < -0.3 is 14.7 Å². The van der Waals surface area contributed by atoms with Crippen LogP contribution >= 0.6 is 0 Å². The fourth-order valence-electron chi connectivity index (χ4n) is 1.96. The van der Waals surface area contributed by atoms with Gasteiger partial charge in [-0.25, -0.2) is 4.79 Å². The Labute approximate surface area is 104 Å². The van der Waals surface area contributed by atoms with Crippen LogP contribution in [0.4, 0.5) is 0 Å². The molecule has 0 radical (unpaired) electrons. The fourth-order valence-corrected chi connectivity index (χ4v) is 1.96. The molecule has 1 aliphatic heterocycles. The van der Waals surface area contributed by atoms with Crippen LogP contribution in [0.5, 0.6) is 0 Å². The molecular formula is C11H15N3O4. The van der Waals surface area contributed by atoms with Gasteiger partial charge >= 0.3 is 5.97 Å². The third kappa shape index (κ3) is 2.35. The molecule has 98 valence electrons. The van der Waals surface area contributed by atoms with Crippen molar-refractivity contribution >= 4 is 11.9 Å². The third-order valence-electron chi connectivity index (χ3n) is 2.85. The number of carbonyl (C=O) groups is 2. The van der Waals surface area contributed by atoms with Crippen molar-refractivity contribution in [1.82, 2.24) is 14.7 Å². The molecule has 1 aromatic heterocycles. The first-order valence-corrected chi connectivity index (χ1v) is 5.63. The van der Waals surface area contributed by atoms with E-state index in [2.05, 4.69) is 5.10 Å². The van der Waals surface area contributed by atoms with Crippen LogP contribution in [-0.4, -0.2) is 57.5 Å². The molecular weight excluding hydrogens is 238 g/mol. The first-order chi connectivity index (χ1) is 8.49. The second kappa shape index (κ2) is 4.77. The Morgan fingerprint density at radius 3 is 2.83 bits per heavy atom. The number of aryl methyl sites for hydroxylation is 2. The maximum Gasteiger partial charge on any atom is 0.334 e. The van der Waals surface area contributed by atoms with E-state index in [-0.39, 0.29) is 19.1 Å². The minimum absolute atomic E-state index is 0.0679. The summed E-state index contributed by atoms with van der Waals surface area (Å²) in [4.78, 5) is 24.6. The number of ether oxygens (including phenoxy) is 1. The lowest BCUT2D eigenvalue weighted by atomic mass is 10.2. The second-order valence-electron chi connectivity index (χ2n) is 4.24. The van der Waals surface area contributed by atoms with E-state index in [1.165, 1.54) is 9.58 Å². The summed E-state index contributed by atoms with van der Waals surface area (Å²) >= 11 is 0. The molecule has 1 unspecified atom stereocenters. The molecule has 1 atom stereocenters. The Hall–Kier alpha value is -1.89. The van der Waals surface area contributed by atoms with E-state index >= 15 is 0 Å². The molecule has 0 saturated carbocycles. The van der Waals surface area contributed by atoms with E-state index in [0.29, 0.717) is 12.2 Å². The van der Waals surface area contributed by atoms with Crippen LogP contribution in [0, 0.1) is 6.92 Å². The summed E-state index contributed by atoms with van der Waals surface area (Å²) in [7, 11) is 1.69. The SMILES string of the molecule is Cc1cc(C(=O)N2CCOC(C(=O)O)C2)n(C)n1. The number of carboxylic acid groups (broad SMARTS) is 1. The fraction of sp³-hybridized carbons (Fsp3) is 0.545. The standard InChI is InChI=1S/C11H15N3O4/c1-7-5-8(13(2)12-7)10(15)14-3-4-18-9(6-14)11(16)17/h5,9H,3-4,6H2,1-2H3,(H,16,17). The van der Waals surface area contributed by atoms with Crippen LogP contribution in [0.15, 0.2) is 6.07 Å². The Balaban J connectivity index is 2.14. The van der Waals surface area contributed by atoms with Gasteiger partial charge in [-0.2, -0.15) is 5.10 Å². The van der Waals surface area contributed by atoms with E-state index in [4.69, 9.17) is 9.84 Å². The van der Waals surface area contributed by atoms with Crippen LogP contribution in [0.3, 0.4) is 0 Å². The summed E-state index contributed by atoms with van der Waals surface area (Å²) in [5.41, 5.74) is 1.21. The van der Waals surface area contributed by atoms with Gasteiger partial charge in [-0.3, -0.25) is 9.48 Å². The van der Waals surface area contributed by atoms with Gasteiger partial charge in [0.25, 0.3) is 5.91 Å². The summed E-state index contributed by atoms with van der Waals surface area (Å²) in [6.45, 7) is 2.50. The molecule has 0 aromatic carbocycles. The number of amides is 1. The first-order valence-electron chi connectivity index (χ1n) is 5.63. The molecule has 1 aromatic rings. The van der Waals surface area contributed by atoms with Crippen molar-refractivity contribution in [3.05, 3.63) is 17.5 Å². The number of rotatable bonds is 2. The molecule has 1 saturated heterocycles. The van der Waals surface area contributed by atoms with E-state index in [1.807, 2.05) is 0 Å². The van der Waals surface area contributed by atoms with Crippen molar-refractivity contribution in [3.63, 3.8) is 0 Å². The Morgan fingerprint density at radius 2 is 2.28 bits per heavy atom. The van der Waals surface area contributed by atoms with Gasteiger partial charge in [0, 0.05) is 13.6 Å². The molecule has 2 heterocycles. The minimum atomic E-state index is -1.05. The number of aromatic nitrogens is 2. The minimum Gasteiger partial charge on any atom is -0.479 e. The van der Waals surface area contributed by atoms with Crippen LogP contribution in [0.25, 0.3) is 0 Å². The average Bonchev–Trinajstić information content (AvgIpc) is 2.67. The van der Waals surface area contributed by atoms with E-state index < -0.39 is 12.1 Å². The predicted molar refractivity (Wildman–Crippen MR) is 61.2 cm³/mol. The molecule has 7 heteroatoms. The van der Waals surface area contributed by atoms with Gasteiger partial charge in [-0.05, 0) is 13.0 Å².